The summed E-state index contributed by atoms with van der Waals surface area (Å²) in [4.78, 5) is 15.3. The van der Waals surface area contributed by atoms with Crippen molar-refractivity contribution in [1.82, 2.24) is 14.7 Å². The van der Waals surface area contributed by atoms with Crippen molar-refractivity contribution in [3.05, 3.63) is 17.5 Å². The third-order valence-corrected chi connectivity index (χ3v) is 4.88. The third-order valence-electron chi connectivity index (χ3n) is 4.13. The molecule has 2 atom stereocenters. The number of hydrogen-bond acceptors (Lipinski definition) is 2. The number of piperidine rings is 1. The van der Waals surface area contributed by atoms with Gasteiger partial charge < -0.3 is 4.90 Å². The van der Waals surface area contributed by atoms with Crippen LogP contribution in [-0.4, -0.2) is 37.5 Å². The second kappa shape index (κ2) is 4.37. The lowest BCUT2D eigenvalue weighted by Crippen LogP contribution is -2.47. The number of alkyl halides is 1. The Balaban J connectivity index is 1.88. The van der Waals surface area contributed by atoms with Gasteiger partial charge in [-0.25, -0.2) is 0 Å². The van der Waals surface area contributed by atoms with Crippen LogP contribution in [0.1, 0.15) is 41.9 Å². The maximum atomic E-state index is 12.7. The van der Waals surface area contributed by atoms with E-state index < -0.39 is 0 Å². The first-order valence-corrected chi connectivity index (χ1v) is 7.45. The van der Waals surface area contributed by atoms with Gasteiger partial charge in [-0.1, -0.05) is 15.9 Å². The molecule has 3 heterocycles. The van der Waals surface area contributed by atoms with E-state index in [4.69, 9.17) is 0 Å². The van der Waals surface area contributed by atoms with Crippen LogP contribution in [0.2, 0.25) is 0 Å². The van der Waals surface area contributed by atoms with Crippen molar-refractivity contribution in [2.45, 2.75) is 49.5 Å². The van der Waals surface area contributed by atoms with Gasteiger partial charge in [-0.2, -0.15) is 5.10 Å². The van der Waals surface area contributed by atoms with Gasteiger partial charge in [-0.15, -0.1) is 0 Å². The first kappa shape index (κ1) is 12.2. The molecular formula is C13H18BrN3O. The molecule has 0 radical (unpaired) electrons. The highest BCUT2D eigenvalue weighted by atomic mass is 79.9. The fraction of sp³-hybridized carbons (Fsp3) is 0.692. The molecule has 0 aliphatic carbocycles. The molecule has 4 nitrogen and oxygen atoms in total. The zero-order chi connectivity index (χ0) is 12.9. The Morgan fingerprint density at radius 1 is 1.39 bits per heavy atom. The summed E-state index contributed by atoms with van der Waals surface area (Å²) in [6.07, 6.45) is 4.46. The third kappa shape index (κ3) is 1.88. The molecule has 2 aliphatic heterocycles. The largest absolute Gasteiger partial charge is 0.331 e. The SMILES string of the molecule is Cc1cc(C(=O)N2C3CCC2CC(Br)C3)n(C)n1. The lowest BCUT2D eigenvalue weighted by atomic mass is 10.0. The molecule has 0 N–H and O–H groups in total. The van der Waals surface area contributed by atoms with Crippen LogP contribution in [0.15, 0.2) is 6.07 Å². The van der Waals surface area contributed by atoms with Gasteiger partial charge in [0, 0.05) is 24.0 Å². The molecule has 0 aromatic carbocycles. The van der Waals surface area contributed by atoms with E-state index in [2.05, 4.69) is 25.9 Å². The van der Waals surface area contributed by atoms with Gasteiger partial charge in [0.25, 0.3) is 5.91 Å². The van der Waals surface area contributed by atoms with E-state index in [1.54, 1.807) is 4.68 Å². The number of amides is 1. The molecule has 2 aliphatic rings. The van der Waals surface area contributed by atoms with Crippen LogP contribution in [0, 0.1) is 6.92 Å². The zero-order valence-electron chi connectivity index (χ0n) is 10.8. The molecule has 5 heteroatoms. The molecule has 3 rings (SSSR count). The van der Waals surface area contributed by atoms with Crippen molar-refractivity contribution in [3.8, 4) is 0 Å². The van der Waals surface area contributed by atoms with Crippen LogP contribution >= 0.6 is 15.9 Å². The summed E-state index contributed by atoms with van der Waals surface area (Å²) >= 11 is 3.70. The van der Waals surface area contributed by atoms with Gasteiger partial charge in [0.15, 0.2) is 0 Å². The second-order valence-corrected chi connectivity index (χ2v) is 6.76. The zero-order valence-corrected chi connectivity index (χ0v) is 12.4. The quantitative estimate of drug-likeness (QED) is 0.746. The van der Waals surface area contributed by atoms with E-state index in [-0.39, 0.29) is 5.91 Å². The monoisotopic (exact) mass is 311 g/mol. The number of rotatable bonds is 1. The fourth-order valence-electron chi connectivity index (χ4n) is 3.39. The Labute approximate surface area is 115 Å². The van der Waals surface area contributed by atoms with E-state index in [0.717, 1.165) is 37.1 Å². The number of halogens is 1. The number of nitrogens with zero attached hydrogens (tertiary/aromatic N) is 3. The topological polar surface area (TPSA) is 38.1 Å². The minimum Gasteiger partial charge on any atom is -0.331 e. The lowest BCUT2D eigenvalue weighted by molar-refractivity contribution is 0.0592. The molecule has 1 aromatic heterocycles. The first-order valence-electron chi connectivity index (χ1n) is 6.53. The van der Waals surface area contributed by atoms with Gasteiger partial charge in [0.05, 0.1) is 5.69 Å². The highest BCUT2D eigenvalue weighted by Gasteiger charge is 2.43. The molecule has 2 fully saturated rings. The van der Waals surface area contributed by atoms with Crippen LogP contribution in [-0.2, 0) is 7.05 Å². The van der Waals surface area contributed by atoms with Crippen LogP contribution < -0.4 is 0 Å². The maximum Gasteiger partial charge on any atom is 0.272 e. The van der Waals surface area contributed by atoms with Crippen LogP contribution in [0.3, 0.4) is 0 Å². The smallest absolute Gasteiger partial charge is 0.272 e. The normalized spacial score (nSPS) is 30.8. The molecule has 2 bridgehead atoms. The highest BCUT2D eigenvalue weighted by Crippen LogP contribution is 2.39. The van der Waals surface area contributed by atoms with Gasteiger partial charge in [0.1, 0.15) is 5.69 Å². The number of aromatic nitrogens is 2. The van der Waals surface area contributed by atoms with E-state index in [0.29, 0.717) is 16.9 Å². The Hall–Kier alpha value is -0.840. The van der Waals surface area contributed by atoms with Crippen LogP contribution in [0.5, 0.6) is 0 Å². The molecule has 1 amide bonds. The molecule has 1 aromatic rings. The number of carbonyl (C=O) groups excluding carboxylic acids is 1. The van der Waals surface area contributed by atoms with Crippen molar-refractivity contribution >= 4 is 21.8 Å². The van der Waals surface area contributed by atoms with Gasteiger partial charge in [-0.3, -0.25) is 9.48 Å². The van der Waals surface area contributed by atoms with Crippen molar-refractivity contribution < 1.29 is 4.79 Å². The van der Waals surface area contributed by atoms with E-state index in [1.807, 2.05) is 20.0 Å². The maximum absolute atomic E-state index is 12.7. The Bertz CT molecular complexity index is 471. The van der Waals surface area contributed by atoms with Crippen molar-refractivity contribution in [3.63, 3.8) is 0 Å². The van der Waals surface area contributed by atoms with Crippen molar-refractivity contribution in [2.75, 3.05) is 0 Å². The summed E-state index contributed by atoms with van der Waals surface area (Å²) in [7, 11) is 1.85. The minimum atomic E-state index is 0.157. The van der Waals surface area contributed by atoms with Gasteiger partial charge >= 0.3 is 0 Å². The molecule has 0 spiro atoms. The Morgan fingerprint density at radius 2 is 2.00 bits per heavy atom. The van der Waals surface area contributed by atoms with Crippen molar-refractivity contribution in [2.24, 2.45) is 7.05 Å². The average molecular weight is 312 g/mol. The Morgan fingerprint density at radius 3 is 2.50 bits per heavy atom. The molecule has 2 unspecified atom stereocenters. The van der Waals surface area contributed by atoms with E-state index >= 15 is 0 Å². The van der Waals surface area contributed by atoms with Crippen LogP contribution in [0.4, 0.5) is 0 Å². The lowest BCUT2D eigenvalue weighted by Gasteiger charge is -2.37. The standard InChI is InChI=1S/C13H18BrN3O/c1-8-5-12(16(2)15-8)13(18)17-10-3-4-11(17)7-9(14)6-10/h5,9-11H,3-4,6-7H2,1-2H3. The minimum absolute atomic E-state index is 0.157. The summed E-state index contributed by atoms with van der Waals surface area (Å²) in [6.45, 7) is 1.93. The summed E-state index contributed by atoms with van der Waals surface area (Å²) in [5.74, 6) is 0.157. The highest BCUT2D eigenvalue weighted by molar-refractivity contribution is 9.09. The number of aryl methyl sites for hydroxylation is 2. The molecule has 98 valence electrons. The summed E-state index contributed by atoms with van der Waals surface area (Å²) in [5, 5.41) is 4.27. The van der Waals surface area contributed by atoms with Crippen molar-refractivity contribution in [1.29, 1.82) is 0 Å². The molecular weight excluding hydrogens is 294 g/mol. The number of hydrogen-bond donors (Lipinski definition) is 0. The van der Waals surface area contributed by atoms with Crippen LogP contribution in [0.25, 0.3) is 0 Å². The number of fused-ring (bicyclic) bond motifs is 2. The second-order valence-electron chi connectivity index (χ2n) is 5.46. The molecule has 18 heavy (non-hydrogen) atoms. The Kier molecular flexibility index (Phi) is 2.96. The van der Waals surface area contributed by atoms with Gasteiger partial charge in [-0.05, 0) is 38.7 Å². The average Bonchev–Trinajstić information content (AvgIpc) is 2.76. The number of carbonyl (C=O) groups is 1. The predicted molar refractivity (Wildman–Crippen MR) is 72.9 cm³/mol. The van der Waals surface area contributed by atoms with Gasteiger partial charge in [0.2, 0.25) is 0 Å². The van der Waals surface area contributed by atoms with E-state index in [9.17, 15) is 4.79 Å². The summed E-state index contributed by atoms with van der Waals surface area (Å²) in [5.41, 5.74) is 1.63. The summed E-state index contributed by atoms with van der Waals surface area (Å²) < 4.78 is 1.71. The predicted octanol–water partition coefficient (Wildman–Crippen LogP) is 2.26. The summed E-state index contributed by atoms with van der Waals surface area (Å²) in [6, 6.07) is 2.72. The van der Waals surface area contributed by atoms with E-state index in [1.165, 1.54) is 0 Å². The fourth-order valence-corrected chi connectivity index (χ4v) is 4.25. The molecule has 0 saturated carbocycles. The molecule has 2 saturated heterocycles. The first-order chi connectivity index (χ1) is 8.56.